The van der Waals surface area contributed by atoms with Gasteiger partial charge in [0.2, 0.25) is 10.0 Å². The number of hydrogen-bond acceptors (Lipinski definition) is 3. The van der Waals surface area contributed by atoms with Gasteiger partial charge < -0.3 is 5.11 Å². The number of carboxylic acid groups (broad SMARTS) is 1. The number of hydrogen-bond donors (Lipinski definition) is 1. The van der Waals surface area contributed by atoms with Crippen molar-refractivity contribution in [3.8, 4) is 0 Å². The van der Waals surface area contributed by atoms with Gasteiger partial charge in [-0.3, -0.25) is 0 Å². The molecular weight excluding hydrogens is 266 g/mol. The van der Waals surface area contributed by atoms with Gasteiger partial charge in [-0.15, -0.1) is 0 Å². The molecule has 0 fully saturated rings. The van der Waals surface area contributed by atoms with E-state index in [-0.39, 0.29) is 17.9 Å². The van der Waals surface area contributed by atoms with Crippen LogP contribution in [0.2, 0.25) is 0 Å². The fourth-order valence-electron chi connectivity index (χ4n) is 1.54. The molecule has 0 amide bonds. The van der Waals surface area contributed by atoms with Crippen LogP contribution in [-0.2, 0) is 15.8 Å². The van der Waals surface area contributed by atoms with E-state index in [1.807, 2.05) is 0 Å². The molecule has 0 atom stereocenters. The van der Waals surface area contributed by atoms with Crippen LogP contribution in [0.1, 0.15) is 22.8 Å². The first-order valence-electron chi connectivity index (χ1n) is 5.63. The van der Waals surface area contributed by atoms with Crippen molar-refractivity contribution in [1.29, 1.82) is 0 Å². The number of rotatable bonds is 6. The van der Waals surface area contributed by atoms with E-state index in [1.54, 1.807) is 6.92 Å². The summed E-state index contributed by atoms with van der Waals surface area (Å²) in [6.07, 6.45) is 0. The Morgan fingerprint density at radius 3 is 2.26 bits per heavy atom. The molecule has 0 radical (unpaired) electrons. The van der Waals surface area contributed by atoms with Gasteiger partial charge in [-0.25, -0.2) is 17.5 Å². The zero-order chi connectivity index (χ0) is 14.6. The van der Waals surface area contributed by atoms with E-state index in [4.69, 9.17) is 5.11 Å². The average Bonchev–Trinajstić information content (AvgIpc) is 2.28. The van der Waals surface area contributed by atoms with Crippen molar-refractivity contribution in [2.45, 2.75) is 12.7 Å². The quantitative estimate of drug-likeness (QED) is 0.807. The SMILES string of the molecule is C=C(C)CN(C)S(=O)(=O)Cc1ccc(C(=O)O)cc1. The second kappa shape index (κ2) is 5.99. The molecule has 0 spiro atoms. The van der Waals surface area contributed by atoms with Crippen molar-refractivity contribution < 1.29 is 18.3 Å². The molecule has 1 N–H and O–H groups in total. The van der Waals surface area contributed by atoms with Gasteiger partial charge in [-0.2, -0.15) is 0 Å². The van der Waals surface area contributed by atoms with Crippen LogP contribution in [0.25, 0.3) is 0 Å². The van der Waals surface area contributed by atoms with E-state index >= 15 is 0 Å². The minimum absolute atomic E-state index is 0.136. The Morgan fingerprint density at radius 1 is 1.32 bits per heavy atom. The number of nitrogens with zero attached hydrogens (tertiary/aromatic N) is 1. The second-order valence-corrected chi connectivity index (χ2v) is 6.55. The van der Waals surface area contributed by atoms with E-state index in [1.165, 1.54) is 35.6 Å². The third-order valence-corrected chi connectivity index (χ3v) is 4.29. The Bertz CT molecular complexity index is 575. The van der Waals surface area contributed by atoms with Crippen molar-refractivity contribution in [3.05, 3.63) is 47.5 Å². The molecule has 0 aliphatic heterocycles. The molecule has 0 saturated carbocycles. The summed E-state index contributed by atoms with van der Waals surface area (Å²) in [5.74, 6) is -1.19. The summed E-state index contributed by atoms with van der Waals surface area (Å²) in [4.78, 5) is 10.7. The molecule has 1 aromatic carbocycles. The Kier molecular flexibility index (Phi) is 4.85. The first kappa shape index (κ1) is 15.4. The molecule has 0 heterocycles. The lowest BCUT2D eigenvalue weighted by atomic mass is 10.1. The van der Waals surface area contributed by atoms with Crippen LogP contribution in [-0.4, -0.2) is 37.4 Å². The first-order valence-corrected chi connectivity index (χ1v) is 7.24. The van der Waals surface area contributed by atoms with Crippen LogP contribution in [0.5, 0.6) is 0 Å². The van der Waals surface area contributed by atoms with Crippen LogP contribution in [0.4, 0.5) is 0 Å². The van der Waals surface area contributed by atoms with Crippen molar-refractivity contribution in [3.63, 3.8) is 0 Å². The molecule has 6 heteroatoms. The van der Waals surface area contributed by atoms with E-state index in [0.29, 0.717) is 5.56 Å². The largest absolute Gasteiger partial charge is 0.478 e. The summed E-state index contributed by atoms with van der Waals surface area (Å²) in [5.41, 5.74) is 1.45. The summed E-state index contributed by atoms with van der Waals surface area (Å²) < 4.78 is 25.3. The number of benzene rings is 1. The predicted molar refractivity (Wildman–Crippen MR) is 73.5 cm³/mol. The Balaban J connectivity index is 2.83. The van der Waals surface area contributed by atoms with Crippen molar-refractivity contribution in [2.24, 2.45) is 0 Å². The summed E-state index contributed by atoms with van der Waals surface area (Å²) in [7, 11) is -1.92. The lowest BCUT2D eigenvalue weighted by Crippen LogP contribution is -2.29. The maximum atomic E-state index is 12.0. The summed E-state index contributed by atoms with van der Waals surface area (Å²) >= 11 is 0. The minimum atomic E-state index is -3.42. The van der Waals surface area contributed by atoms with Gasteiger partial charge in [0, 0.05) is 13.6 Å². The highest BCUT2D eigenvalue weighted by Gasteiger charge is 2.18. The molecule has 5 nitrogen and oxygen atoms in total. The molecule has 0 bridgehead atoms. The Hall–Kier alpha value is -1.66. The van der Waals surface area contributed by atoms with Gasteiger partial charge >= 0.3 is 5.97 Å². The molecule has 1 rings (SSSR count). The third-order valence-electron chi connectivity index (χ3n) is 2.52. The van der Waals surface area contributed by atoms with Gasteiger partial charge in [-0.1, -0.05) is 24.3 Å². The fourth-order valence-corrected chi connectivity index (χ4v) is 2.79. The van der Waals surface area contributed by atoms with E-state index in [9.17, 15) is 13.2 Å². The second-order valence-electron chi connectivity index (χ2n) is 4.47. The molecule has 0 unspecified atom stereocenters. The van der Waals surface area contributed by atoms with E-state index in [2.05, 4.69) is 6.58 Å². The molecule has 104 valence electrons. The zero-order valence-electron chi connectivity index (χ0n) is 11.0. The number of likely N-dealkylation sites (N-methyl/N-ethyl adjacent to an activating group) is 1. The van der Waals surface area contributed by atoms with Crippen molar-refractivity contribution >= 4 is 16.0 Å². The zero-order valence-corrected chi connectivity index (χ0v) is 11.8. The summed E-state index contributed by atoms with van der Waals surface area (Å²) in [5, 5.41) is 8.76. The highest BCUT2D eigenvalue weighted by Crippen LogP contribution is 2.12. The third kappa shape index (κ3) is 4.50. The molecule has 0 aliphatic carbocycles. The van der Waals surface area contributed by atoms with Gasteiger partial charge in [0.25, 0.3) is 0 Å². The van der Waals surface area contributed by atoms with Crippen molar-refractivity contribution in [1.82, 2.24) is 4.31 Å². The minimum Gasteiger partial charge on any atom is -0.478 e. The number of carboxylic acids is 1. The molecule has 19 heavy (non-hydrogen) atoms. The van der Waals surface area contributed by atoms with Crippen molar-refractivity contribution in [2.75, 3.05) is 13.6 Å². The lowest BCUT2D eigenvalue weighted by molar-refractivity contribution is 0.0697. The Labute approximate surface area is 113 Å². The van der Waals surface area contributed by atoms with Gasteiger partial charge in [0.15, 0.2) is 0 Å². The van der Waals surface area contributed by atoms with E-state index in [0.717, 1.165) is 5.57 Å². The summed E-state index contributed by atoms with van der Waals surface area (Å²) in [6.45, 7) is 5.71. The highest BCUT2D eigenvalue weighted by molar-refractivity contribution is 7.88. The van der Waals surface area contributed by atoms with Crippen LogP contribution >= 0.6 is 0 Å². The maximum Gasteiger partial charge on any atom is 0.335 e. The maximum absolute atomic E-state index is 12.0. The van der Waals surface area contributed by atoms with Crippen LogP contribution in [0.3, 0.4) is 0 Å². The normalized spacial score (nSPS) is 11.5. The first-order chi connectivity index (χ1) is 8.72. The number of aromatic carboxylic acids is 1. The summed E-state index contributed by atoms with van der Waals surface area (Å²) in [6, 6.07) is 5.81. The van der Waals surface area contributed by atoms with Gasteiger partial charge in [-0.05, 0) is 24.6 Å². The Morgan fingerprint density at radius 2 is 1.84 bits per heavy atom. The molecule has 1 aromatic rings. The lowest BCUT2D eigenvalue weighted by Gasteiger charge is -2.17. The van der Waals surface area contributed by atoms with E-state index < -0.39 is 16.0 Å². The van der Waals surface area contributed by atoms with Gasteiger partial charge in [0.05, 0.1) is 11.3 Å². The topological polar surface area (TPSA) is 74.7 Å². The monoisotopic (exact) mass is 283 g/mol. The standard InChI is InChI=1S/C13H17NO4S/c1-10(2)8-14(3)19(17,18)9-11-4-6-12(7-5-11)13(15)16/h4-7H,1,8-9H2,2-3H3,(H,15,16). The molecule has 0 saturated heterocycles. The molecule has 0 aliphatic rings. The smallest absolute Gasteiger partial charge is 0.335 e. The number of sulfonamides is 1. The van der Waals surface area contributed by atoms with Crippen LogP contribution in [0, 0.1) is 0 Å². The fraction of sp³-hybridized carbons (Fsp3) is 0.308. The van der Waals surface area contributed by atoms with Gasteiger partial charge in [0.1, 0.15) is 0 Å². The predicted octanol–water partition coefficient (Wildman–Crippen LogP) is 1.72. The molecular formula is C13H17NO4S. The van der Waals surface area contributed by atoms with Crippen LogP contribution in [0.15, 0.2) is 36.4 Å². The average molecular weight is 283 g/mol. The molecule has 0 aromatic heterocycles. The number of carbonyl (C=O) groups is 1. The highest BCUT2D eigenvalue weighted by atomic mass is 32.2. The van der Waals surface area contributed by atoms with Crippen LogP contribution < -0.4 is 0 Å².